The Kier molecular flexibility index (Phi) is 5.26. The standard InChI is InChI=1S/C17H27NO/c1-13-8-9-17(11-14(13)2)18-16-7-3-5-15(12-16)6-4-10-19/h3,5,7,12-14,17-19H,4,6,8-11H2,1-2H3. The van der Waals surface area contributed by atoms with Gasteiger partial charge in [-0.2, -0.15) is 0 Å². The number of hydrogen-bond donors (Lipinski definition) is 2. The first-order valence-corrected chi connectivity index (χ1v) is 7.65. The van der Waals surface area contributed by atoms with Gasteiger partial charge in [0.05, 0.1) is 0 Å². The fraction of sp³-hybridized carbons (Fsp3) is 0.647. The van der Waals surface area contributed by atoms with Crippen LogP contribution in [0.2, 0.25) is 0 Å². The van der Waals surface area contributed by atoms with Gasteiger partial charge >= 0.3 is 0 Å². The fourth-order valence-corrected chi connectivity index (χ4v) is 3.01. The first-order chi connectivity index (χ1) is 9.19. The van der Waals surface area contributed by atoms with E-state index in [-0.39, 0.29) is 6.61 Å². The van der Waals surface area contributed by atoms with Crippen LogP contribution in [0.15, 0.2) is 24.3 Å². The monoisotopic (exact) mass is 261 g/mol. The Morgan fingerprint density at radius 3 is 2.79 bits per heavy atom. The van der Waals surface area contributed by atoms with E-state index in [2.05, 4.69) is 43.4 Å². The molecule has 0 aromatic heterocycles. The molecule has 2 heteroatoms. The van der Waals surface area contributed by atoms with Gasteiger partial charge in [-0.15, -0.1) is 0 Å². The molecule has 2 N–H and O–H groups in total. The van der Waals surface area contributed by atoms with Crippen LogP contribution in [-0.2, 0) is 6.42 Å². The average Bonchev–Trinajstić information content (AvgIpc) is 2.41. The molecule has 3 atom stereocenters. The molecule has 19 heavy (non-hydrogen) atoms. The van der Waals surface area contributed by atoms with Gasteiger partial charge in [-0.3, -0.25) is 0 Å². The van der Waals surface area contributed by atoms with Crippen LogP contribution in [0.25, 0.3) is 0 Å². The van der Waals surface area contributed by atoms with Gasteiger partial charge in [0.1, 0.15) is 0 Å². The van der Waals surface area contributed by atoms with Crippen LogP contribution in [-0.4, -0.2) is 17.8 Å². The molecule has 0 aliphatic heterocycles. The van der Waals surface area contributed by atoms with E-state index in [0.29, 0.717) is 6.04 Å². The number of aryl methyl sites for hydroxylation is 1. The molecule has 1 aliphatic rings. The van der Waals surface area contributed by atoms with Crippen molar-refractivity contribution in [2.24, 2.45) is 11.8 Å². The Hall–Kier alpha value is -1.02. The second kappa shape index (κ2) is 6.95. The van der Waals surface area contributed by atoms with Gasteiger partial charge in [0, 0.05) is 18.3 Å². The summed E-state index contributed by atoms with van der Waals surface area (Å²) in [4.78, 5) is 0. The molecule has 1 fully saturated rings. The lowest BCUT2D eigenvalue weighted by atomic mass is 9.79. The molecular formula is C17H27NO. The van der Waals surface area contributed by atoms with Gasteiger partial charge in [0.15, 0.2) is 0 Å². The smallest absolute Gasteiger partial charge is 0.0434 e. The molecule has 0 radical (unpaired) electrons. The third kappa shape index (κ3) is 4.24. The summed E-state index contributed by atoms with van der Waals surface area (Å²) in [6.45, 7) is 5.02. The Bertz CT molecular complexity index is 391. The summed E-state index contributed by atoms with van der Waals surface area (Å²) in [5, 5.41) is 12.6. The number of aliphatic hydroxyl groups is 1. The Morgan fingerprint density at radius 1 is 1.21 bits per heavy atom. The van der Waals surface area contributed by atoms with Crippen LogP contribution in [0.3, 0.4) is 0 Å². The Morgan fingerprint density at radius 2 is 2.05 bits per heavy atom. The molecule has 0 amide bonds. The fourth-order valence-electron chi connectivity index (χ4n) is 3.01. The number of nitrogens with one attached hydrogen (secondary N) is 1. The summed E-state index contributed by atoms with van der Waals surface area (Å²) in [6.07, 6.45) is 5.71. The van der Waals surface area contributed by atoms with E-state index in [0.717, 1.165) is 24.7 Å². The second-order valence-corrected chi connectivity index (χ2v) is 6.14. The number of aliphatic hydroxyl groups excluding tert-OH is 1. The molecule has 3 unspecified atom stereocenters. The van der Waals surface area contributed by atoms with Crippen molar-refractivity contribution in [3.8, 4) is 0 Å². The number of hydrogen-bond acceptors (Lipinski definition) is 2. The minimum absolute atomic E-state index is 0.273. The maximum Gasteiger partial charge on any atom is 0.0434 e. The largest absolute Gasteiger partial charge is 0.396 e. The SMILES string of the molecule is CC1CCC(Nc2cccc(CCCO)c2)CC1C. The molecule has 2 nitrogen and oxygen atoms in total. The van der Waals surface area contributed by atoms with Crippen molar-refractivity contribution in [1.82, 2.24) is 0 Å². The highest BCUT2D eigenvalue weighted by Gasteiger charge is 2.24. The van der Waals surface area contributed by atoms with Crippen LogP contribution in [0, 0.1) is 11.8 Å². The maximum atomic E-state index is 8.90. The summed E-state index contributed by atoms with van der Waals surface area (Å²) in [5.74, 6) is 1.69. The van der Waals surface area contributed by atoms with Gasteiger partial charge in [-0.05, 0) is 61.6 Å². The summed E-state index contributed by atoms with van der Waals surface area (Å²) in [6, 6.07) is 9.28. The van der Waals surface area contributed by atoms with E-state index in [4.69, 9.17) is 5.11 Å². The number of anilines is 1. The molecular weight excluding hydrogens is 234 g/mol. The third-order valence-corrected chi connectivity index (χ3v) is 4.52. The normalized spacial score (nSPS) is 27.2. The topological polar surface area (TPSA) is 32.3 Å². The van der Waals surface area contributed by atoms with E-state index in [1.165, 1.54) is 30.5 Å². The highest BCUT2D eigenvalue weighted by molar-refractivity contribution is 5.46. The Labute approximate surface area is 117 Å². The van der Waals surface area contributed by atoms with Crippen LogP contribution < -0.4 is 5.32 Å². The lowest BCUT2D eigenvalue weighted by molar-refractivity contribution is 0.261. The second-order valence-electron chi connectivity index (χ2n) is 6.14. The van der Waals surface area contributed by atoms with Crippen LogP contribution in [0.4, 0.5) is 5.69 Å². The van der Waals surface area contributed by atoms with E-state index in [9.17, 15) is 0 Å². The van der Waals surface area contributed by atoms with Crippen LogP contribution >= 0.6 is 0 Å². The highest BCUT2D eigenvalue weighted by Crippen LogP contribution is 2.31. The van der Waals surface area contributed by atoms with Crippen molar-refractivity contribution >= 4 is 5.69 Å². The molecule has 1 aliphatic carbocycles. The van der Waals surface area contributed by atoms with Crippen LogP contribution in [0.5, 0.6) is 0 Å². The molecule has 106 valence electrons. The predicted molar refractivity (Wildman–Crippen MR) is 81.4 cm³/mol. The molecule has 0 saturated heterocycles. The zero-order valence-corrected chi connectivity index (χ0v) is 12.2. The van der Waals surface area contributed by atoms with Gasteiger partial charge < -0.3 is 10.4 Å². The summed E-state index contributed by atoms with van der Waals surface area (Å²) < 4.78 is 0. The molecule has 1 aromatic rings. The molecule has 0 bridgehead atoms. The zero-order valence-electron chi connectivity index (χ0n) is 12.2. The summed E-state index contributed by atoms with van der Waals surface area (Å²) in [5.41, 5.74) is 2.55. The summed E-state index contributed by atoms with van der Waals surface area (Å²) >= 11 is 0. The van der Waals surface area contributed by atoms with E-state index < -0.39 is 0 Å². The molecule has 0 heterocycles. The number of rotatable bonds is 5. The first kappa shape index (κ1) is 14.4. The van der Waals surface area contributed by atoms with Gasteiger partial charge in [0.25, 0.3) is 0 Å². The zero-order chi connectivity index (χ0) is 13.7. The van der Waals surface area contributed by atoms with E-state index in [1.54, 1.807) is 0 Å². The summed E-state index contributed by atoms with van der Waals surface area (Å²) in [7, 11) is 0. The lowest BCUT2D eigenvalue weighted by Gasteiger charge is -2.33. The molecule has 1 saturated carbocycles. The third-order valence-electron chi connectivity index (χ3n) is 4.52. The lowest BCUT2D eigenvalue weighted by Crippen LogP contribution is -2.30. The van der Waals surface area contributed by atoms with E-state index >= 15 is 0 Å². The number of benzene rings is 1. The molecule has 2 rings (SSSR count). The highest BCUT2D eigenvalue weighted by atomic mass is 16.2. The minimum Gasteiger partial charge on any atom is -0.396 e. The first-order valence-electron chi connectivity index (χ1n) is 7.65. The van der Waals surface area contributed by atoms with Crippen molar-refractivity contribution < 1.29 is 5.11 Å². The predicted octanol–water partition coefficient (Wildman–Crippen LogP) is 3.85. The van der Waals surface area contributed by atoms with Crippen molar-refractivity contribution in [2.45, 2.75) is 52.0 Å². The van der Waals surface area contributed by atoms with E-state index in [1.807, 2.05) is 0 Å². The van der Waals surface area contributed by atoms with Crippen molar-refractivity contribution in [2.75, 3.05) is 11.9 Å². The van der Waals surface area contributed by atoms with Gasteiger partial charge in [-0.25, -0.2) is 0 Å². The Balaban J connectivity index is 1.91. The van der Waals surface area contributed by atoms with Crippen molar-refractivity contribution in [1.29, 1.82) is 0 Å². The molecule has 1 aromatic carbocycles. The van der Waals surface area contributed by atoms with Crippen molar-refractivity contribution in [3.63, 3.8) is 0 Å². The van der Waals surface area contributed by atoms with Crippen molar-refractivity contribution in [3.05, 3.63) is 29.8 Å². The van der Waals surface area contributed by atoms with Gasteiger partial charge in [-0.1, -0.05) is 26.0 Å². The average molecular weight is 261 g/mol. The van der Waals surface area contributed by atoms with Gasteiger partial charge in [0.2, 0.25) is 0 Å². The minimum atomic E-state index is 0.273. The maximum absolute atomic E-state index is 8.90. The molecule has 0 spiro atoms. The van der Waals surface area contributed by atoms with Crippen LogP contribution in [0.1, 0.15) is 45.1 Å². The quantitative estimate of drug-likeness (QED) is 0.844.